The van der Waals surface area contributed by atoms with E-state index >= 15 is 0 Å². The summed E-state index contributed by atoms with van der Waals surface area (Å²) in [6, 6.07) is 3.28. The van der Waals surface area contributed by atoms with Gasteiger partial charge in [-0.1, -0.05) is 23.2 Å². The number of hydrogen-bond acceptors (Lipinski definition) is 3. The van der Waals surface area contributed by atoms with Crippen molar-refractivity contribution in [3.63, 3.8) is 0 Å². The molecule has 1 unspecified atom stereocenters. The molecule has 21 heavy (non-hydrogen) atoms. The van der Waals surface area contributed by atoms with Crippen molar-refractivity contribution >= 4 is 41.5 Å². The zero-order chi connectivity index (χ0) is 14.5. The lowest BCUT2D eigenvalue weighted by Gasteiger charge is -2.15. The topological polar surface area (TPSA) is 50.4 Å². The quantitative estimate of drug-likeness (QED) is 0.878. The van der Waals surface area contributed by atoms with Crippen LogP contribution in [0.2, 0.25) is 10.0 Å². The number of carbonyl (C=O) groups excluding carboxylic acids is 1. The Labute approximate surface area is 140 Å². The van der Waals surface area contributed by atoms with E-state index in [9.17, 15) is 4.79 Å². The first-order valence-corrected chi connectivity index (χ1v) is 7.36. The molecule has 7 heteroatoms. The fourth-order valence-corrected chi connectivity index (χ4v) is 2.49. The van der Waals surface area contributed by atoms with Gasteiger partial charge < -0.3 is 15.4 Å². The van der Waals surface area contributed by atoms with Gasteiger partial charge in [0.2, 0.25) is 0 Å². The van der Waals surface area contributed by atoms with Crippen LogP contribution in [0.25, 0.3) is 0 Å². The summed E-state index contributed by atoms with van der Waals surface area (Å²) in [4.78, 5) is 12.1. The predicted octanol–water partition coefficient (Wildman–Crippen LogP) is 2.69. The number of ether oxygens (including phenoxy) is 1. The van der Waals surface area contributed by atoms with Gasteiger partial charge in [-0.05, 0) is 24.6 Å². The molecular formula is C14H19Cl3N2O2. The van der Waals surface area contributed by atoms with E-state index in [1.807, 2.05) is 6.92 Å². The lowest BCUT2D eigenvalue weighted by Crippen LogP contribution is -2.35. The van der Waals surface area contributed by atoms with Crippen molar-refractivity contribution in [1.29, 1.82) is 0 Å². The molecule has 2 rings (SSSR count). The Bertz CT molecular complexity index is 466. The summed E-state index contributed by atoms with van der Waals surface area (Å²) in [7, 11) is 0. The zero-order valence-electron chi connectivity index (χ0n) is 11.7. The summed E-state index contributed by atoms with van der Waals surface area (Å²) >= 11 is 12.1. The van der Waals surface area contributed by atoms with E-state index in [1.54, 1.807) is 12.1 Å². The normalized spacial score (nSPS) is 18.5. The minimum absolute atomic E-state index is 0. The van der Waals surface area contributed by atoms with E-state index in [-0.39, 0.29) is 24.2 Å². The van der Waals surface area contributed by atoms with Crippen LogP contribution in [0.15, 0.2) is 12.1 Å². The molecule has 2 N–H and O–H groups in total. The Morgan fingerprint density at radius 1 is 1.43 bits per heavy atom. The zero-order valence-corrected chi connectivity index (χ0v) is 14.1. The third-order valence-electron chi connectivity index (χ3n) is 3.30. The molecule has 1 fully saturated rings. The standard InChI is InChI=1S/C14H18Cl2N2O2.ClH/c1-9-12(15)4-11(5-13(9)16)14(19)18-7-10-6-17-2-3-20-8-10;/h4-5,10,17H,2-3,6-8H2,1H3,(H,18,19);1H. The molecule has 1 saturated heterocycles. The third-order valence-corrected chi connectivity index (χ3v) is 4.09. The van der Waals surface area contributed by atoms with Gasteiger partial charge in [-0.2, -0.15) is 0 Å². The van der Waals surface area contributed by atoms with Crippen LogP contribution in [-0.4, -0.2) is 38.8 Å². The fourth-order valence-electron chi connectivity index (χ4n) is 2.01. The van der Waals surface area contributed by atoms with E-state index in [1.165, 1.54) is 0 Å². The Morgan fingerprint density at radius 3 is 2.76 bits per heavy atom. The summed E-state index contributed by atoms with van der Waals surface area (Å²) in [6.45, 7) is 5.45. The summed E-state index contributed by atoms with van der Waals surface area (Å²) in [5.41, 5.74) is 1.26. The van der Waals surface area contributed by atoms with E-state index in [2.05, 4.69) is 10.6 Å². The Balaban J connectivity index is 0.00000220. The first-order valence-electron chi connectivity index (χ1n) is 6.60. The van der Waals surface area contributed by atoms with Crippen LogP contribution in [0.3, 0.4) is 0 Å². The second-order valence-electron chi connectivity index (χ2n) is 4.92. The summed E-state index contributed by atoms with van der Waals surface area (Å²) in [5.74, 6) is 0.107. The summed E-state index contributed by atoms with van der Waals surface area (Å²) < 4.78 is 5.44. The molecule has 1 heterocycles. The average molecular weight is 354 g/mol. The smallest absolute Gasteiger partial charge is 0.251 e. The van der Waals surface area contributed by atoms with E-state index in [4.69, 9.17) is 27.9 Å². The predicted molar refractivity (Wildman–Crippen MR) is 88.0 cm³/mol. The molecular weight excluding hydrogens is 335 g/mol. The number of hydrogen-bond donors (Lipinski definition) is 2. The number of halogens is 3. The van der Waals surface area contributed by atoms with Crippen LogP contribution in [0, 0.1) is 12.8 Å². The molecule has 1 aromatic carbocycles. The molecule has 0 aliphatic carbocycles. The highest BCUT2D eigenvalue weighted by molar-refractivity contribution is 6.36. The second-order valence-corrected chi connectivity index (χ2v) is 5.73. The van der Waals surface area contributed by atoms with Crippen LogP contribution >= 0.6 is 35.6 Å². The van der Waals surface area contributed by atoms with E-state index < -0.39 is 0 Å². The van der Waals surface area contributed by atoms with Crippen molar-refractivity contribution in [3.8, 4) is 0 Å². The van der Waals surface area contributed by atoms with Crippen LogP contribution in [-0.2, 0) is 4.74 Å². The van der Waals surface area contributed by atoms with Gasteiger partial charge in [0.05, 0.1) is 13.2 Å². The lowest BCUT2D eigenvalue weighted by molar-refractivity contribution is 0.0921. The highest BCUT2D eigenvalue weighted by Crippen LogP contribution is 2.25. The van der Waals surface area contributed by atoms with Gasteiger partial charge >= 0.3 is 0 Å². The minimum Gasteiger partial charge on any atom is -0.380 e. The van der Waals surface area contributed by atoms with E-state index in [0.29, 0.717) is 35.4 Å². The number of nitrogens with one attached hydrogen (secondary N) is 2. The Hall–Kier alpha value is -0.520. The number of amides is 1. The van der Waals surface area contributed by atoms with Crippen molar-refractivity contribution in [3.05, 3.63) is 33.3 Å². The Kier molecular flexibility index (Phi) is 7.77. The van der Waals surface area contributed by atoms with Crippen LogP contribution in [0.1, 0.15) is 15.9 Å². The maximum Gasteiger partial charge on any atom is 0.251 e. The van der Waals surface area contributed by atoms with Crippen LogP contribution in [0.4, 0.5) is 0 Å². The number of rotatable bonds is 3. The second kappa shape index (κ2) is 8.81. The van der Waals surface area contributed by atoms with Gasteiger partial charge in [-0.25, -0.2) is 0 Å². The number of carbonyl (C=O) groups is 1. The molecule has 4 nitrogen and oxygen atoms in total. The number of benzene rings is 1. The maximum atomic E-state index is 12.1. The van der Waals surface area contributed by atoms with Gasteiger partial charge in [-0.3, -0.25) is 4.79 Å². The monoisotopic (exact) mass is 352 g/mol. The average Bonchev–Trinajstić information content (AvgIpc) is 2.70. The largest absolute Gasteiger partial charge is 0.380 e. The molecule has 118 valence electrons. The Morgan fingerprint density at radius 2 is 2.10 bits per heavy atom. The molecule has 1 aromatic rings. The lowest BCUT2D eigenvalue weighted by atomic mass is 10.1. The van der Waals surface area contributed by atoms with Gasteiger partial charge in [0.1, 0.15) is 0 Å². The van der Waals surface area contributed by atoms with Crippen LogP contribution < -0.4 is 10.6 Å². The van der Waals surface area contributed by atoms with E-state index in [0.717, 1.165) is 18.7 Å². The van der Waals surface area contributed by atoms with Gasteiger partial charge in [0.25, 0.3) is 5.91 Å². The highest BCUT2D eigenvalue weighted by atomic mass is 35.5. The fraction of sp³-hybridized carbons (Fsp3) is 0.500. The van der Waals surface area contributed by atoms with Gasteiger partial charge in [0.15, 0.2) is 0 Å². The third kappa shape index (κ3) is 5.31. The molecule has 1 atom stereocenters. The van der Waals surface area contributed by atoms with Crippen molar-refractivity contribution < 1.29 is 9.53 Å². The molecule has 0 saturated carbocycles. The van der Waals surface area contributed by atoms with Crippen molar-refractivity contribution in [2.45, 2.75) is 6.92 Å². The summed E-state index contributed by atoms with van der Waals surface area (Å²) in [5, 5.41) is 7.17. The molecule has 1 amide bonds. The van der Waals surface area contributed by atoms with Gasteiger partial charge in [0, 0.05) is 41.2 Å². The molecule has 1 aliphatic rings. The molecule has 0 bridgehead atoms. The van der Waals surface area contributed by atoms with Gasteiger partial charge in [-0.15, -0.1) is 12.4 Å². The van der Waals surface area contributed by atoms with Crippen molar-refractivity contribution in [1.82, 2.24) is 10.6 Å². The molecule has 0 aromatic heterocycles. The SMILES string of the molecule is Cc1c(Cl)cc(C(=O)NCC2CNCCOC2)cc1Cl.Cl. The van der Waals surface area contributed by atoms with Crippen LogP contribution in [0.5, 0.6) is 0 Å². The molecule has 0 spiro atoms. The first kappa shape index (κ1) is 18.5. The minimum atomic E-state index is -0.168. The van der Waals surface area contributed by atoms with Crippen molar-refractivity contribution in [2.24, 2.45) is 5.92 Å². The molecule has 0 radical (unpaired) electrons. The summed E-state index contributed by atoms with van der Waals surface area (Å²) in [6.07, 6.45) is 0. The molecule has 1 aliphatic heterocycles. The van der Waals surface area contributed by atoms with Crippen molar-refractivity contribution in [2.75, 3.05) is 32.8 Å². The maximum absolute atomic E-state index is 12.1. The first-order chi connectivity index (χ1) is 9.58. The highest BCUT2D eigenvalue weighted by Gasteiger charge is 2.15.